The number of hydrogen-bond acceptors (Lipinski definition) is 5. The Bertz CT molecular complexity index is 1510. The number of aromatic nitrogens is 2. The van der Waals surface area contributed by atoms with Crippen LogP contribution in [0.3, 0.4) is 0 Å². The lowest BCUT2D eigenvalue weighted by molar-refractivity contribution is -0.123. The minimum atomic E-state index is -0.381. The number of rotatable bonds is 8. The maximum absolute atomic E-state index is 13.9. The number of thioether (sulfide) groups is 1. The highest BCUT2D eigenvalue weighted by Crippen LogP contribution is 2.50. The Hall–Kier alpha value is -4.11. The van der Waals surface area contributed by atoms with Crippen molar-refractivity contribution in [3.05, 3.63) is 95.8 Å². The molecule has 40 heavy (non-hydrogen) atoms. The number of carbonyl (C=O) groups is 2. The summed E-state index contributed by atoms with van der Waals surface area (Å²) >= 11 is 1.47. The Labute approximate surface area is 237 Å². The lowest BCUT2D eigenvalue weighted by atomic mass is 9.99. The summed E-state index contributed by atoms with van der Waals surface area (Å²) in [6.45, 7) is 4.36. The molecule has 7 nitrogen and oxygen atoms in total. The quantitative estimate of drug-likeness (QED) is 0.304. The van der Waals surface area contributed by atoms with E-state index >= 15 is 0 Å². The van der Waals surface area contributed by atoms with E-state index in [1.807, 2.05) is 68.4 Å². The molecule has 5 rings (SSSR count). The van der Waals surface area contributed by atoms with Crippen molar-refractivity contribution in [1.82, 2.24) is 15.1 Å². The van der Waals surface area contributed by atoms with E-state index in [1.165, 1.54) is 28.8 Å². The topological polar surface area (TPSA) is 76.5 Å². The molecule has 0 fully saturated rings. The van der Waals surface area contributed by atoms with E-state index in [9.17, 15) is 14.0 Å². The monoisotopic (exact) mass is 558 g/mol. The van der Waals surface area contributed by atoms with Crippen LogP contribution in [0.5, 0.6) is 5.75 Å². The maximum Gasteiger partial charge on any atom is 0.240 e. The van der Waals surface area contributed by atoms with Crippen LogP contribution in [-0.4, -0.2) is 47.5 Å². The number of hydrogen-bond donors (Lipinski definition) is 1. The fourth-order valence-corrected chi connectivity index (χ4v) is 5.96. The summed E-state index contributed by atoms with van der Waals surface area (Å²) in [5.41, 5.74) is 3.79. The predicted octanol–water partition coefficient (Wildman–Crippen LogP) is 5.63. The fraction of sp³-hybridized carbons (Fsp3) is 0.258. The third-order valence-electron chi connectivity index (χ3n) is 6.64. The molecule has 0 aliphatic carbocycles. The first-order valence-corrected chi connectivity index (χ1v) is 14.2. The van der Waals surface area contributed by atoms with Gasteiger partial charge in [0.05, 0.1) is 29.5 Å². The van der Waals surface area contributed by atoms with Gasteiger partial charge in [-0.3, -0.25) is 14.5 Å². The van der Waals surface area contributed by atoms with Gasteiger partial charge in [-0.05, 0) is 36.2 Å². The van der Waals surface area contributed by atoms with Gasteiger partial charge in [-0.2, -0.15) is 5.10 Å². The van der Waals surface area contributed by atoms with Crippen molar-refractivity contribution in [2.24, 2.45) is 5.92 Å². The molecule has 1 aliphatic heterocycles. The van der Waals surface area contributed by atoms with Crippen molar-refractivity contribution >= 4 is 29.4 Å². The van der Waals surface area contributed by atoms with Crippen LogP contribution in [0.25, 0.3) is 16.9 Å². The van der Waals surface area contributed by atoms with E-state index < -0.39 is 0 Å². The first-order chi connectivity index (χ1) is 19.4. The van der Waals surface area contributed by atoms with E-state index in [2.05, 4.69) is 5.32 Å². The molecule has 2 heterocycles. The first-order valence-electron chi connectivity index (χ1n) is 13.1. The van der Waals surface area contributed by atoms with Crippen molar-refractivity contribution in [2.45, 2.75) is 19.1 Å². The molecular formula is C31H31FN4O3S. The van der Waals surface area contributed by atoms with Gasteiger partial charge in [0.25, 0.3) is 0 Å². The standard InChI is InChI=1S/C31H31FN4O3S/c1-20(2)17-33-26(37)18-35-27(38)19-40-30(24-11-7-8-12-25(24)39-3)28-29(21-9-5-4-6-10-21)34-36(31(28)35)23-15-13-22(32)14-16-23/h4-16,20,30H,17-19H2,1-3H3,(H,33,37)/t30-/m1/s1. The number of halogens is 1. The zero-order valence-corrected chi connectivity index (χ0v) is 23.5. The molecule has 0 unspecified atom stereocenters. The van der Waals surface area contributed by atoms with Gasteiger partial charge >= 0.3 is 0 Å². The molecule has 0 saturated heterocycles. The van der Waals surface area contributed by atoms with E-state index in [0.29, 0.717) is 29.5 Å². The van der Waals surface area contributed by atoms with Crippen molar-refractivity contribution in [3.63, 3.8) is 0 Å². The number of benzene rings is 3. The van der Waals surface area contributed by atoms with Crippen LogP contribution in [0.2, 0.25) is 0 Å². The third kappa shape index (κ3) is 5.60. The average Bonchev–Trinajstić information content (AvgIpc) is 3.29. The Morgan fingerprint density at radius 1 is 1.07 bits per heavy atom. The molecule has 1 aliphatic rings. The second-order valence-electron chi connectivity index (χ2n) is 9.95. The van der Waals surface area contributed by atoms with Gasteiger partial charge in [-0.1, -0.05) is 62.4 Å². The number of ether oxygens (including phenoxy) is 1. The number of methoxy groups -OCH3 is 1. The lowest BCUT2D eigenvalue weighted by Crippen LogP contribution is -2.43. The minimum absolute atomic E-state index is 0.145. The molecular weight excluding hydrogens is 527 g/mol. The molecule has 4 aromatic rings. The van der Waals surface area contributed by atoms with E-state index in [0.717, 1.165) is 16.7 Å². The molecule has 1 N–H and O–H groups in total. The Morgan fingerprint density at radius 3 is 2.48 bits per heavy atom. The summed E-state index contributed by atoms with van der Waals surface area (Å²) in [4.78, 5) is 28.4. The van der Waals surface area contributed by atoms with Gasteiger partial charge in [0.2, 0.25) is 11.8 Å². The highest BCUT2D eigenvalue weighted by molar-refractivity contribution is 8.00. The van der Waals surface area contributed by atoms with Crippen LogP contribution in [0.15, 0.2) is 78.9 Å². The third-order valence-corrected chi connectivity index (χ3v) is 7.87. The average molecular weight is 559 g/mol. The van der Waals surface area contributed by atoms with Gasteiger partial charge in [0.1, 0.15) is 23.9 Å². The van der Waals surface area contributed by atoms with Gasteiger partial charge in [0.15, 0.2) is 0 Å². The second-order valence-corrected chi connectivity index (χ2v) is 11.0. The van der Waals surface area contributed by atoms with E-state index in [1.54, 1.807) is 23.9 Å². The van der Waals surface area contributed by atoms with Gasteiger partial charge in [0, 0.05) is 23.2 Å². The molecule has 1 aromatic heterocycles. The largest absolute Gasteiger partial charge is 0.496 e. The van der Waals surface area contributed by atoms with Gasteiger partial charge < -0.3 is 10.1 Å². The van der Waals surface area contributed by atoms with Crippen LogP contribution < -0.4 is 15.0 Å². The summed E-state index contributed by atoms with van der Waals surface area (Å²) in [6.07, 6.45) is 0. The second kappa shape index (κ2) is 12.0. The number of nitrogens with zero attached hydrogens (tertiary/aromatic N) is 3. The van der Waals surface area contributed by atoms with Gasteiger partial charge in [-0.25, -0.2) is 9.07 Å². The zero-order valence-electron chi connectivity index (χ0n) is 22.6. The van der Waals surface area contributed by atoms with Crippen molar-refractivity contribution in [1.29, 1.82) is 0 Å². The molecule has 0 radical (unpaired) electrons. The summed E-state index contributed by atoms with van der Waals surface area (Å²) in [5, 5.41) is 7.61. The number of para-hydroxylation sites is 1. The van der Waals surface area contributed by atoms with Crippen molar-refractivity contribution in [2.75, 3.05) is 30.9 Å². The highest BCUT2D eigenvalue weighted by Gasteiger charge is 2.38. The molecule has 1 atom stereocenters. The van der Waals surface area contributed by atoms with Gasteiger partial charge in [-0.15, -0.1) is 11.8 Å². The summed E-state index contributed by atoms with van der Waals surface area (Å²) in [6, 6.07) is 23.4. The summed E-state index contributed by atoms with van der Waals surface area (Å²) in [7, 11) is 1.62. The number of nitrogens with one attached hydrogen (secondary N) is 1. The number of anilines is 1. The molecule has 206 valence electrons. The minimum Gasteiger partial charge on any atom is -0.496 e. The van der Waals surface area contributed by atoms with Crippen LogP contribution in [0, 0.1) is 11.7 Å². The Kier molecular flexibility index (Phi) is 8.21. The SMILES string of the molecule is COc1ccccc1[C@H]1SCC(=O)N(CC(=O)NCC(C)C)c2c1c(-c1ccccc1)nn2-c1ccc(F)cc1. The number of carbonyl (C=O) groups excluding carboxylic acids is 2. The molecule has 2 amide bonds. The van der Waals surface area contributed by atoms with E-state index in [4.69, 9.17) is 9.84 Å². The molecule has 3 aromatic carbocycles. The van der Waals surface area contributed by atoms with Crippen molar-refractivity contribution in [3.8, 4) is 22.7 Å². The first kappa shape index (κ1) is 27.5. The Balaban J connectivity index is 1.78. The zero-order chi connectivity index (χ0) is 28.2. The maximum atomic E-state index is 13.9. The molecule has 9 heteroatoms. The van der Waals surface area contributed by atoms with Crippen molar-refractivity contribution < 1.29 is 18.7 Å². The molecule has 0 spiro atoms. The fourth-order valence-electron chi connectivity index (χ4n) is 4.74. The Morgan fingerprint density at radius 2 is 1.77 bits per heavy atom. The van der Waals surface area contributed by atoms with Crippen LogP contribution >= 0.6 is 11.8 Å². The number of amides is 2. The summed E-state index contributed by atoms with van der Waals surface area (Å²) < 4.78 is 21.3. The molecule has 0 bridgehead atoms. The predicted molar refractivity (Wildman–Crippen MR) is 156 cm³/mol. The summed E-state index contributed by atoms with van der Waals surface area (Å²) in [5.74, 6) is 0.721. The van der Waals surface area contributed by atoms with Crippen LogP contribution in [0.4, 0.5) is 10.2 Å². The number of fused-ring (bicyclic) bond motifs is 1. The van der Waals surface area contributed by atoms with E-state index in [-0.39, 0.29) is 41.1 Å². The highest BCUT2D eigenvalue weighted by atomic mass is 32.2. The molecule has 0 saturated carbocycles. The van der Waals surface area contributed by atoms with Crippen LogP contribution in [-0.2, 0) is 9.59 Å². The normalized spacial score (nSPS) is 15.1. The smallest absolute Gasteiger partial charge is 0.240 e. The lowest BCUT2D eigenvalue weighted by Gasteiger charge is -2.23. The van der Waals surface area contributed by atoms with Crippen LogP contribution in [0.1, 0.15) is 30.2 Å².